The van der Waals surface area contributed by atoms with E-state index < -0.39 is 0 Å². The molecule has 4 heterocycles. The highest BCUT2D eigenvalue weighted by Crippen LogP contribution is 2.28. The van der Waals surface area contributed by atoms with Crippen molar-refractivity contribution in [1.29, 1.82) is 0 Å². The van der Waals surface area contributed by atoms with Gasteiger partial charge < -0.3 is 15.0 Å². The first-order valence-corrected chi connectivity index (χ1v) is 7.25. The number of fused-ring (bicyclic) bond motifs is 3. The average molecular weight is 280 g/mol. The van der Waals surface area contributed by atoms with Gasteiger partial charge in [-0.05, 0) is 37.3 Å². The van der Waals surface area contributed by atoms with Crippen LogP contribution in [0.1, 0.15) is 35.3 Å². The van der Waals surface area contributed by atoms with E-state index in [1.54, 1.807) is 18.3 Å². The molecule has 106 valence electrons. The maximum absolute atomic E-state index is 12.4. The van der Waals surface area contributed by atoms with Gasteiger partial charge in [-0.25, -0.2) is 4.98 Å². The van der Waals surface area contributed by atoms with Crippen molar-refractivity contribution in [1.82, 2.24) is 20.0 Å². The molecular weight excluding hydrogens is 264 g/mol. The predicted octanol–water partition coefficient (Wildman–Crippen LogP) is 0.938. The Morgan fingerprint density at radius 2 is 2.43 bits per heavy atom. The molecule has 0 saturated carbocycles. The molecule has 0 spiro atoms. The summed E-state index contributed by atoms with van der Waals surface area (Å²) in [5.74, 6) is 2.46. The lowest BCUT2D eigenvalue weighted by Crippen LogP contribution is -2.42. The Hall–Kier alpha value is -2.32. The fourth-order valence-corrected chi connectivity index (χ4v) is 3.43. The lowest BCUT2D eigenvalue weighted by molar-refractivity contribution is 0.0931. The molecule has 3 atom stereocenters. The molecular formula is C16H16N4O. The van der Waals surface area contributed by atoms with Gasteiger partial charge in [0.1, 0.15) is 11.3 Å². The highest BCUT2D eigenvalue weighted by molar-refractivity contribution is 5.95. The monoisotopic (exact) mass is 280 g/mol. The van der Waals surface area contributed by atoms with E-state index in [2.05, 4.69) is 21.5 Å². The van der Waals surface area contributed by atoms with Gasteiger partial charge in [0.25, 0.3) is 5.91 Å². The predicted molar refractivity (Wildman–Crippen MR) is 78.9 cm³/mol. The van der Waals surface area contributed by atoms with Crippen LogP contribution in [0.25, 0.3) is 5.65 Å². The SMILES string of the molecule is C#Cc1cn2ccc(C(=O)N[C@@H]3C[C@H]4CC[C@@H]3N4)cc2n1. The molecule has 2 N–H and O–H groups in total. The molecule has 2 aliphatic heterocycles. The first kappa shape index (κ1) is 12.4. The maximum Gasteiger partial charge on any atom is 0.251 e. The number of nitrogens with one attached hydrogen (secondary N) is 2. The van der Waals surface area contributed by atoms with E-state index in [4.69, 9.17) is 6.42 Å². The minimum absolute atomic E-state index is 0.0397. The number of carbonyl (C=O) groups is 1. The van der Waals surface area contributed by atoms with Crippen LogP contribution in [0, 0.1) is 12.3 Å². The second-order valence-corrected chi connectivity index (χ2v) is 5.81. The van der Waals surface area contributed by atoms with Crippen molar-refractivity contribution in [2.45, 2.75) is 37.4 Å². The normalized spacial score (nSPS) is 26.9. The molecule has 5 heteroatoms. The van der Waals surface area contributed by atoms with Crippen LogP contribution in [0.2, 0.25) is 0 Å². The third kappa shape index (κ3) is 2.08. The number of nitrogens with zero attached hydrogens (tertiary/aromatic N) is 2. The summed E-state index contributed by atoms with van der Waals surface area (Å²) in [6.45, 7) is 0. The fraction of sp³-hybridized carbons (Fsp3) is 0.375. The molecule has 21 heavy (non-hydrogen) atoms. The van der Waals surface area contributed by atoms with Gasteiger partial charge in [-0.3, -0.25) is 4.79 Å². The van der Waals surface area contributed by atoms with E-state index >= 15 is 0 Å². The van der Waals surface area contributed by atoms with Crippen LogP contribution in [0.15, 0.2) is 24.5 Å². The molecule has 0 aliphatic carbocycles. The van der Waals surface area contributed by atoms with Crippen molar-refractivity contribution < 1.29 is 4.79 Å². The van der Waals surface area contributed by atoms with E-state index in [-0.39, 0.29) is 11.9 Å². The molecule has 0 radical (unpaired) electrons. The molecule has 2 saturated heterocycles. The highest BCUT2D eigenvalue weighted by Gasteiger charge is 2.39. The Morgan fingerprint density at radius 1 is 1.52 bits per heavy atom. The average Bonchev–Trinajstić information content (AvgIpc) is 3.20. The summed E-state index contributed by atoms with van der Waals surface area (Å²) in [6, 6.07) is 4.82. The van der Waals surface area contributed by atoms with Gasteiger partial charge in [0.2, 0.25) is 0 Å². The van der Waals surface area contributed by atoms with Gasteiger partial charge >= 0.3 is 0 Å². The minimum atomic E-state index is -0.0397. The lowest BCUT2D eigenvalue weighted by Gasteiger charge is -2.21. The van der Waals surface area contributed by atoms with Crippen LogP contribution < -0.4 is 10.6 Å². The number of hydrogen-bond donors (Lipinski definition) is 2. The number of pyridine rings is 1. The van der Waals surface area contributed by atoms with Crippen molar-refractivity contribution in [3.63, 3.8) is 0 Å². The maximum atomic E-state index is 12.4. The second-order valence-electron chi connectivity index (χ2n) is 5.81. The molecule has 2 aromatic rings. The van der Waals surface area contributed by atoms with Crippen LogP contribution >= 0.6 is 0 Å². The Kier molecular flexibility index (Phi) is 2.72. The largest absolute Gasteiger partial charge is 0.348 e. The van der Waals surface area contributed by atoms with Crippen molar-refractivity contribution in [3.8, 4) is 12.3 Å². The Labute approximate surface area is 122 Å². The summed E-state index contributed by atoms with van der Waals surface area (Å²) in [5.41, 5.74) is 1.89. The van der Waals surface area contributed by atoms with Crippen molar-refractivity contribution in [3.05, 3.63) is 35.8 Å². The number of amides is 1. The first-order valence-electron chi connectivity index (χ1n) is 7.25. The molecule has 5 nitrogen and oxygen atoms in total. The van der Waals surface area contributed by atoms with Crippen molar-refractivity contribution in [2.24, 2.45) is 0 Å². The van der Waals surface area contributed by atoms with Crippen molar-refractivity contribution in [2.75, 3.05) is 0 Å². The van der Waals surface area contributed by atoms with Gasteiger partial charge in [-0.1, -0.05) is 0 Å². The minimum Gasteiger partial charge on any atom is -0.348 e. The Morgan fingerprint density at radius 3 is 3.14 bits per heavy atom. The zero-order chi connectivity index (χ0) is 14.4. The van der Waals surface area contributed by atoms with Crippen LogP contribution in [0.4, 0.5) is 0 Å². The topological polar surface area (TPSA) is 58.4 Å². The van der Waals surface area contributed by atoms with Gasteiger partial charge in [0.15, 0.2) is 0 Å². The molecule has 2 aliphatic rings. The summed E-state index contributed by atoms with van der Waals surface area (Å²) >= 11 is 0. The summed E-state index contributed by atoms with van der Waals surface area (Å²) in [7, 11) is 0. The zero-order valence-corrected chi connectivity index (χ0v) is 11.5. The number of imidazole rings is 1. The van der Waals surface area contributed by atoms with E-state index in [1.165, 1.54) is 6.42 Å². The highest BCUT2D eigenvalue weighted by atomic mass is 16.1. The summed E-state index contributed by atoms with van der Waals surface area (Å²) in [6.07, 6.45) is 12.3. The molecule has 1 amide bonds. The quantitative estimate of drug-likeness (QED) is 0.805. The third-order valence-electron chi connectivity index (χ3n) is 4.49. The van der Waals surface area contributed by atoms with E-state index in [9.17, 15) is 4.79 Å². The van der Waals surface area contributed by atoms with Gasteiger partial charge in [0, 0.05) is 36.1 Å². The Balaban J connectivity index is 1.55. The summed E-state index contributed by atoms with van der Waals surface area (Å²) in [5, 5.41) is 6.66. The first-order chi connectivity index (χ1) is 10.2. The van der Waals surface area contributed by atoms with Crippen molar-refractivity contribution >= 4 is 11.6 Å². The Bertz CT molecular complexity index is 757. The smallest absolute Gasteiger partial charge is 0.251 e. The molecule has 0 unspecified atom stereocenters. The molecule has 0 aromatic carbocycles. The van der Waals surface area contributed by atoms with Gasteiger partial charge in [0.05, 0.1) is 0 Å². The van der Waals surface area contributed by atoms with Crippen LogP contribution in [0.5, 0.6) is 0 Å². The van der Waals surface area contributed by atoms with Crippen LogP contribution in [0.3, 0.4) is 0 Å². The van der Waals surface area contributed by atoms with Crippen LogP contribution in [-0.4, -0.2) is 33.4 Å². The number of terminal acetylenes is 1. The third-order valence-corrected chi connectivity index (χ3v) is 4.49. The molecule has 2 bridgehead atoms. The molecule has 4 rings (SSSR count). The lowest BCUT2D eigenvalue weighted by atomic mass is 9.95. The number of hydrogen-bond acceptors (Lipinski definition) is 3. The number of carbonyl (C=O) groups excluding carboxylic acids is 1. The fourth-order valence-electron chi connectivity index (χ4n) is 3.43. The summed E-state index contributed by atoms with van der Waals surface area (Å²) < 4.78 is 1.82. The second kappa shape index (κ2) is 4.61. The number of rotatable bonds is 2. The molecule has 2 aromatic heterocycles. The molecule has 2 fully saturated rings. The van der Waals surface area contributed by atoms with Crippen LogP contribution in [-0.2, 0) is 0 Å². The van der Waals surface area contributed by atoms with Gasteiger partial charge in [-0.2, -0.15) is 0 Å². The standard InChI is InChI=1S/C16H16N4O/c1-2-11-9-20-6-5-10(7-15(20)18-11)16(21)19-14-8-12-3-4-13(14)17-12/h1,5-7,9,12-14,17H,3-4,8H2,(H,19,21)/t12-,13+,14-/m1/s1. The summed E-state index contributed by atoms with van der Waals surface area (Å²) in [4.78, 5) is 16.7. The van der Waals surface area contributed by atoms with E-state index in [0.717, 1.165) is 12.8 Å². The van der Waals surface area contributed by atoms with Gasteiger partial charge in [-0.15, -0.1) is 6.42 Å². The van der Waals surface area contributed by atoms with E-state index in [0.29, 0.717) is 29.0 Å². The zero-order valence-electron chi connectivity index (χ0n) is 11.5. The van der Waals surface area contributed by atoms with E-state index in [1.807, 2.05) is 10.6 Å². The number of aromatic nitrogens is 2.